The first-order valence-electron chi connectivity index (χ1n) is 10.3. The third-order valence-electron chi connectivity index (χ3n) is 5.92. The van der Waals surface area contributed by atoms with Crippen molar-refractivity contribution < 1.29 is 14.3 Å². The number of fused-ring (bicyclic) bond motifs is 2. The van der Waals surface area contributed by atoms with Crippen LogP contribution >= 0.6 is 0 Å². The van der Waals surface area contributed by atoms with Gasteiger partial charge in [-0.25, -0.2) is 4.79 Å². The zero-order valence-electron chi connectivity index (χ0n) is 16.4. The number of rotatable bonds is 4. The van der Waals surface area contributed by atoms with Crippen LogP contribution in [-0.4, -0.2) is 18.0 Å². The van der Waals surface area contributed by atoms with Crippen LogP contribution in [0.15, 0.2) is 42.5 Å². The van der Waals surface area contributed by atoms with Gasteiger partial charge in [-0.1, -0.05) is 30.3 Å². The molecule has 0 aromatic heterocycles. The number of amides is 1. The standard InChI is InChI=1S/C24H27NO3/c1-16(23(26)25-22-12-6-10-18-8-4-5-11-21(18)22)28-24(27)20-14-13-17-7-2-3-9-19(17)15-20/h4-5,8,11,13-16,22H,2-3,6-7,9-10,12H2,1H3,(H,25,26)/t16-,22-/m0/s1. The highest BCUT2D eigenvalue weighted by Gasteiger charge is 2.26. The zero-order valence-corrected chi connectivity index (χ0v) is 16.4. The molecule has 4 rings (SSSR count). The van der Waals surface area contributed by atoms with Crippen molar-refractivity contribution in [1.82, 2.24) is 5.32 Å². The van der Waals surface area contributed by atoms with Gasteiger partial charge in [0.15, 0.2) is 6.10 Å². The van der Waals surface area contributed by atoms with E-state index < -0.39 is 12.1 Å². The molecule has 2 aromatic carbocycles. The Balaban J connectivity index is 1.39. The molecule has 2 atom stereocenters. The van der Waals surface area contributed by atoms with E-state index in [0.29, 0.717) is 5.56 Å². The van der Waals surface area contributed by atoms with Crippen molar-refractivity contribution in [1.29, 1.82) is 0 Å². The molecule has 0 saturated carbocycles. The van der Waals surface area contributed by atoms with E-state index in [2.05, 4.69) is 17.4 Å². The highest BCUT2D eigenvalue weighted by atomic mass is 16.5. The van der Waals surface area contributed by atoms with Crippen molar-refractivity contribution in [3.8, 4) is 0 Å². The minimum Gasteiger partial charge on any atom is -0.449 e. The summed E-state index contributed by atoms with van der Waals surface area (Å²) < 4.78 is 5.47. The Morgan fingerprint density at radius 3 is 2.57 bits per heavy atom. The van der Waals surface area contributed by atoms with Gasteiger partial charge < -0.3 is 10.1 Å². The Kier molecular flexibility index (Phi) is 5.47. The smallest absolute Gasteiger partial charge is 0.338 e. The van der Waals surface area contributed by atoms with Gasteiger partial charge in [-0.3, -0.25) is 4.79 Å². The molecule has 0 bridgehead atoms. The minimum atomic E-state index is -0.822. The number of esters is 1. The monoisotopic (exact) mass is 377 g/mol. The van der Waals surface area contributed by atoms with Crippen LogP contribution in [0.25, 0.3) is 0 Å². The molecule has 0 fully saturated rings. The molecule has 4 heteroatoms. The van der Waals surface area contributed by atoms with Gasteiger partial charge in [0.25, 0.3) is 5.91 Å². The number of carbonyl (C=O) groups excluding carboxylic acids is 2. The lowest BCUT2D eigenvalue weighted by Crippen LogP contribution is -2.39. The molecule has 2 aromatic rings. The first-order chi connectivity index (χ1) is 13.6. The van der Waals surface area contributed by atoms with Crippen molar-refractivity contribution in [2.45, 2.75) is 64.0 Å². The van der Waals surface area contributed by atoms with Crippen LogP contribution in [0, 0.1) is 0 Å². The number of hydrogen-bond donors (Lipinski definition) is 1. The fourth-order valence-electron chi connectivity index (χ4n) is 4.34. The van der Waals surface area contributed by atoms with E-state index in [0.717, 1.165) is 38.5 Å². The molecule has 4 nitrogen and oxygen atoms in total. The van der Waals surface area contributed by atoms with E-state index in [9.17, 15) is 9.59 Å². The van der Waals surface area contributed by atoms with Crippen LogP contribution in [0.4, 0.5) is 0 Å². The molecule has 1 N–H and O–H groups in total. The van der Waals surface area contributed by atoms with Crippen molar-refractivity contribution in [2.24, 2.45) is 0 Å². The molecule has 2 aliphatic carbocycles. The number of benzene rings is 2. The van der Waals surface area contributed by atoms with Gasteiger partial charge in [0, 0.05) is 0 Å². The summed E-state index contributed by atoms with van der Waals surface area (Å²) in [7, 11) is 0. The lowest BCUT2D eigenvalue weighted by Gasteiger charge is -2.27. The number of carbonyl (C=O) groups is 2. The van der Waals surface area contributed by atoms with Crippen LogP contribution < -0.4 is 5.32 Å². The van der Waals surface area contributed by atoms with E-state index in [1.54, 1.807) is 6.92 Å². The Labute approximate surface area is 166 Å². The Morgan fingerprint density at radius 2 is 1.71 bits per heavy atom. The summed E-state index contributed by atoms with van der Waals surface area (Å²) in [5, 5.41) is 3.07. The number of ether oxygens (including phenoxy) is 1. The predicted octanol–water partition coefficient (Wildman–Crippen LogP) is 4.30. The first-order valence-corrected chi connectivity index (χ1v) is 10.3. The fourth-order valence-corrected chi connectivity index (χ4v) is 4.34. The third kappa shape index (κ3) is 3.96. The lowest BCUT2D eigenvalue weighted by atomic mass is 9.87. The topological polar surface area (TPSA) is 55.4 Å². The molecular formula is C24H27NO3. The second kappa shape index (κ2) is 8.17. The Hall–Kier alpha value is -2.62. The van der Waals surface area contributed by atoms with E-state index in [1.807, 2.05) is 30.3 Å². The molecule has 0 unspecified atom stereocenters. The van der Waals surface area contributed by atoms with Crippen molar-refractivity contribution in [2.75, 3.05) is 0 Å². The molecule has 0 radical (unpaired) electrons. The van der Waals surface area contributed by atoms with Crippen LogP contribution in [-0.2, 0) is 28.8 Å². The minimum absolute atomic E-state index is 0.0117. The normalized spacial score (nSPS) is 19.1. The van der Waals surface area contributed by atoms with Crippen molar-refractivity contribution >= 4 is 11.9 Å². The molecule has 0 aliphatic heterocycles. The summed E-state index contributed by atoms with van der Waals surface area (Å²) in [6.45, 7) is 1.64. The van der Waals surface area contributed by atoms with Gasteiger partial charge >= 0.3 is 5.97 Å². The van der Waals surface area contributed by atoms with Gasteiger partial charge in [0.2, 0.25) is 0 Å². The van der Waals surface area contributed by atoms with Gasteiger partial charge in [0.05, 0.1) is 11.6 Å². The SMILES string of the molecule is C[C@H](OC(=O)c1ccc2c(c1)CCCC2)C(=O)N[C@H]1CCCc2ccccc21. The van der Waals surface area contributed by atoms with E-state index in [1.165, 1.54) is 28.7 Å². The average molecular weight is 377 g/mol. The molecule has 146 valence electrons. The van der Waals surface area contributed by atoms with Gasteiger partial charge in [-0.15, -0.1) is 0 Å². The molecule has 28 heavy (non-hydrogen) atoms. The lowest BCUT2D eigenvalue weighted by molar-refractivity contribution is -0.130. The number of nitrogens with one attached hydrogen (secondary N) is 1. The van der Waals surface area contributed by atoms with Crippen LogP contribution in [0.2, 0.25) is 0 Å². The van der Waals surface area contributed by atoms with E-state index >= 15 is 0 Å². The Morgan fingerprint density at radius 1 is 0.964 bits per heavy atom. The molecular weight excluding hydrogens is 350 g/mol. The zero-order chi connectivity index (χ0) is 19.5. The molecule has 0 heterocycles. The highest BCUT2D eigenvalue weighted by Crippen LogP contribution is 2.29. The van der Waals surface area contributed by atoms with Gasteiger partial charge in [-0.2, -0.15) is 0 Å². The molecule has 1 amide bonds. The Bertz CT molecular complexity index is 889. The quantitative estimate of drug-likeness (QED) is 0.808. The van der Waals surface area contributed by atoms with Crippen LogP contribution in [0.5, 0.6) is 0 Å². The summed E-state index contributed by atoms with van der Waals surface area (Å²) in [5.74, 6) is -0.673. The summed E-state index contributed by atoms with van der Waals surface area (Å²) >= 11 is 0. The van der Waals surface area contributed by atoms with Crippen LogP contribution in [0.1, 0.15) is 71.3 Å². The van der Waals surface area contributed by atoms with Crippen LogP contribution in [0.3, 0.4) is 0 Å². The second-order valence-corrected chi connectivity index (χ2v) is 7.89. The second-order valence-electron chi connectivity index (χ2n) is 7.89. The third-order valence-corrected chi connectivity index (χ3v) is 5.92. The summed E-state index contributed by atoms with van der Waals surface area (Å²) in [6.07, 6.45) is 6.63. The van der Waals surface area contributed by atoms with E-state index in [-0.39, 0.29) is 11.9 Å². The summed E-state index contributed by atoms with van der Waals surface area (Å²) in [5.41, 5.74) is 5.55. The van der Waals surface area contributed by atoms with Gasteiger partial charge in [-0.05, 0) is 86.3 Å². The van der Waals surface area contributed by atoms with E-state index in [4.69, 9.17) is 4.74 Å². The number of hydrogen-bond acceptors (Lipinski definition) is 3. The summed E-state index contributed by atoms with van der Waals surface area (Å²) in [6, 6.07) is 14.0. The maximum Gasteiger partial charge on any atom is 0.338 e. The average Bonchev–Trinajstić information content (AvgIpc) is 2.73. The number of aryl methyl sites for hydroxylation is 3. The van der Waals surface area contributed by atoms with Crippen molar-refractivity contribution in [3.63, 3.8) is 0 Å². The van der Waals surface area contributed by atoms with Gasteiger partial charge in [0.1, 0.15) is 0 Å². The summed E-state index contributed by atoms with van der Waals surface area (Å²) in [4.78, 5) is 25.2. The maximum absolute atomic E-state index is 12.6. The maximum atomic E-state index is 12.6. The molecule has 2 aliphatic rings. The highest BCUT2D eigenvalue weighted by molar-refractivity contribution is 5.92. The molecule has 0 saturated heterocycles. The largest absolute Gasteiger partial charge is 0.449 e. The predicted molar refractivity (Wildman–Crippen MR) is 108 cm³/mol. The van der Waals surface area contributed by atoms with Crippen molar-refractivity contribution in [3.05, 3.63) is 70.3 Å². The first kappa shape index (κ1) is 18.7. The fraction of sp³-hybridized carbons (Fsp3) is 0.417. The molecule has 0 spiro atoms.